The number of amides is 1. The molecule has 0 atom stereocenters. The molecule has 0 saturated carbocycles. The molecular formula is C11H12ClNO3. The van der Waals surface area contributed by atoms with Gasteiger partial charge in [0.15, 0.2) is 0 Å². The summed E-state index contributed by atoms with van der Waals surface area (Å²) in [7, 11) is 3.23. The van der Waals surface area contributed by atoms with Crippen molar-refractivity contribution in [1.82, 2.24) is 4.90 Å². The van der Waals surface area contributed by atoms with Crippen molar-refractivity contribution >= 4 is 23.5 Å². The number of nitrogens with zero attached hydrogens (tertiary/aromatic N) is 1. The molecule has 4 nitrogen and oxygen atoms in total. The summed E-state index contributed by atoms with van der Waals surface area (Å²) in [6.07, 6.45) is -0.120. The molecule has 0 radical (unpaired) electrons. The van der Waals surface area contributed by atoms with Gasteiger partial charge in [0.1, 0.15) is 0 Å². The van der Waals surface area contributed by atoms with Crippen LogP contribution in [0.1, 0.15) is 15.9 Å². The molecule has 0 unspecified atom stereocenters. The van der Waals surface area contributed by atoms with Crippen LogP contribution in [0.15, 0.2) is 18.2 Å². The first-order chi connectivity index (χ1) is 7.41. The van der Waals surface area contributed by atoms with Crippen LogP contribution >= 0.6 is 11.6 Å². The molecule has 5 heteroatoms. The number of aliphatic carboxylic acids is 1. The van der Waals surface area contributed by atoms with Crippen LogP contribution < -0.4 is 0 Å². The van der Waals surface area contributed by atoms with Gasteiger partial charge in [-0.05, 0) is 17.7 Å². The molecule has 1 aromatic carbocycles. The van der Waals surface area contributed by atoms with Crippen molar-refractivity contribution in [2.75, 3.05) is 14.1 Å². The normalized spacial score (nSPS) is 9.94. The fourth-order valence-corrected chi connectivity index (χ4v) is 1.46. The smallest absolute Gasteiger partial charge is 0.307 e. The maximum absolute atomic E-state index is 11.7. The van der Waals surface area contributed by atoms with Gasteiger partial charge in [0.25, 0.3) is 5.91 Å². The van der Waals surface area contributed by atoms with E-state index in [0.29, 0.717) is 16.1 Å². The van der Waals surface area contributed by atoms with Crippen molar-refractivity contribution in [3.63, 3.8) is 0 Å². The first kappa shape index (κ1) is 12.5. The van der Waals surface area contributed by atoms with Gasteiger partial charge < -0.3 is 10.0 Å². The molecule has 0 aliphatic carbocycles. The second-order valence-corrected chi connectivity index (χ2v) is 3.99. The van der Waals surface area contributed by atoms with Gasteiger partial charge in [0.05, 0.1) is 17.0 Å². The second kappa shape index (κ2) is 4.99. The topological polar surface area (TPSA) is 57.6 Å². The van der Waals surface area contributed by atoms with Gasteiger partial charge in [-0.2, -0.15) is 0 Å². The lowest BCUT2D eigenvalue weighted by molar-refractivity contribution is -0.136. The van der Waals surface area contributed by atoms with Gasteiger partial charge in [0.2, 0.25) is 0 Å². The monoisotopic (exact) mass is 241 g/mol. The van der Waals surface area contributed by atoms with Crippen LogP contribution in [0.5, 0.6) is 0 Å². The van der Waals surface area contributed by atoms with E-state index in [1.54, 1.807) is 20.2 Å². The number of hydrogen-bond acceptors (Lipinski definition) is 2. The van der Waals surface area contributed by atoms with Gasteiger partial charge in [-0.1, -0.05) is 17.7 Å². The molecule has 0 spiro atoms. The van der Waals surface area contributed by atoms with Crippen LogP contribution in [0.25, 0.3) is 0 Å². The molecule has 0 bridgehead atoms. The lowest BCUT2D eigenvalue weighted by atomic mass is 10.1. The Labute approximate surface area is 98.4 Å². The van der Waals surface area contributed by atoms with Gasteiger partial charge in [0, 0.05) is 14.1 Å². The summed E-state index contributed by atoms with van der Waals surface area (Å²) in [5.74, 6) is -1.18. The molecule has 1 rings (SSSR count). The largest absolute Gasteiger partial charge is 0.481 e. The van der Waals surface area contributed by atoms with E-state index < -0.39 is 5.97 Å². The summed E-state index contributed by atoms with van der Waals surface area (Å²) >= 11 is 5.88. The maximum atomic E-state index is 11.7. The van der Waals surface area contributed by atoms with Gasteiger partial charge in [-0.3, -0.25) is 9.59 Å². The SMILES string of the molecule is CN(C)C(=O)c1cc(CC(=O)O)ccc1Cl. The Bertz CT molecular complexity index is 429. The van der Waals surface area contributed by atoms with Crippen LogP contribution in [0, 0.1) is 0 Å². The number of halogens is 1. The number of rotatable bonds is 3. The predicted molar refractivity (Wildman–Crippen MR) is 60.8 cm³/mol. The lowest BCUT2D eigenvalue weighted by Crippen LogP contribution is -2.22. The zero-order valence-electron chi connectivity index (χ0n) is 9.03. The van der Waals surface area contributed by atoms with Crippen molar-refractivity contribution in [3.8, 4) is 0 Å². The fraction of sp³-hybridized carbons (Fsp3) is 0.273. The third-order valence-corrected chi connectivity index (χ3v) is 2.35. The van der Waals surface area contributed by atoms with Crippen molar-refractivity contribution in [1.29, 1.82) is 0 Å². The molecule has 0 aliphatic rings. The number of carbonyl (C=O) groups excluding carboxylic acids is 1. The Balaban J connectivity index is 3.08. The highest BCUT2D eigenvalue weighted by Crippen LogP contribution is 2.19. The zero-order valence-corrected chi connectivity index (χ0v) is 9.78. The summed E-state index contributed by atoms with van der Waals surface area (Å²) in [5, 5.41) is 8.97. The van der Waals surface area contributed by atoms with E-state index in [1.165, 1.54) is 17.0 Å². The fourth-order valence-electron chi connectivity index (χ4n) is 1.26. The third kappa shape index (κ3) is 2.97. The highest BCUT2D eigenvalue weighted by molar-refractivity contribution is 6.33. The first-order valence-electron chi connectivity index (χ1n) is 4.63. The summed E-state index contributed by atoms with van der Waals surface area (Å²) in [6.45, 7) is 0. The van der Waals surface area contributed by atoms with E-state index in [-0.39, 0.29) is 12.3 Å². The summed E-state index contributed by atoms with van der Waals surface area (Å²) < 4.78 is 0. The van der Waals surface area contributed by atoms with Crippen LogP contribution in [-0.4, -0.2) is 36.0 Å². The second-order valence-electron chi connectivity index (χ2n) is 3.58. The van der Waals surface area contributed by atoms with Crippen LogP contribution in [0.2, 0.25) is 5.02 Å². The van der Waals surface area contributed by atoms with Crippen LogP contribution in [0.3, 0.4) is 0 Å². The minimum absolute atomic E-state index is 0.120. The average molecular weight is 242 g/mol. The Kier molecular flexibility index (Phi) is 3.90. The van der Waals surface area contributed by atoms with Gasteiger partial charge in [-0.25, -0.2) is 0 Å². The highest BCUT2D eigenvalue weighted by Gasteiger charge is 2.13. The highest BCUT2D eigenvalue weighted by atomic mass is 35.5. The van der Waals surface area contributed by atoms with Crippen molar-refractivity contribution < 1.29 is 14.7 Å². The number of benzene rings is 1. The van der Waals surface area contributed by atoms with Crippen molar-refractivity contribution in [2.45, 2.75) is 6.42 Å². The van der Waals surface area contributed by atoms with Crippen molar-refractivity contribution in [2.24, 2.45) is 0 Å². The molecule has 86 valence electrons. The third-order valence-electron chi connectivity index (χ3n) is 2.02. The van der Waals surface area contributed by atoms with Gasteiger partial charge in [-0.15, -0.1) is 0 Å². The molecule has 0 aromatic heterocycles. The zero-order chi connectivity index (χ0) is 12.3. The van der Waals surface area contributed by atoms with E-state index in [4.69, 9.17) is 16.7 Å². The Morgan fingerprint density at radius 1 is 1.38 bits per heavy atom. The Morgan fingerprint density at radius 2 is 2.00 bits per heavy atom. The van der Waals surface area contributed by atoms with Gasteiger partial charge >= 0.3 is 5.97 Å². The molecule has 1 N–H and O–H groups in total. The minimum atomic E-state index is -0.939. The number of carboxylic acid groups (broad SMARTS) is 1. The van der Waals surface area contributed by atoms with E-state index in [2.05, 4.69) is 0 Å². The molecule has 16 heavy (non-hydrogen) atoms. The molecule has 0 aliphatic heterocycles. The summed E-state index contributed by atoms with van der Waals surface area (Å²) in [5.41, 5.74) is 0.882. The molecule has 0 saturated heterocycles. The number of hydrogen-bond donors (Lipinski definition) is 1. The molecule has 0 heterocycles. The lowest BCUT2D eigenvalue weighted by Gasteiger charge is -2.12. The summed E-state index contributed by atoms with van der Waals surface area (Å²) in [6, 6.07) is 4.65. The molecule has 1 aromatic rings. The first-order valence-corrected chi connectivity index (χ1v) is 5.01. The minimum Gasteiger partial charge on any atom is -0.481 e. The predicted octanol–water partition coefficient (Wildman–Crippen LogP) is 1.67. The van der Waals surface area contributed by atoms with Crippen LogP contribution in [0.4, 0.5) is 0 Å². The number of carboxylic acids is 1. The quantitative estimate of drug-likeness (QED) is 0.876. The standard InChI is InChI=1S/C11H12ClNO3/c1-13(2)11(16)8-5-7(6-10(14)15)3-4-9(8)12/h3-5H,6H2,1-2H3,(H,14,15). The van der Waals surface area contributed by atoms with E-state index in [9.17, 15) is 9.59 Å². The maximum Gasteiger partial charge on any atom is 0.307 e. The Hall–Kier alpha value is -1.55. The molecule has 0 fully saturated rings. The van der Waals surface area contributed by atoms with E-state index in [0.717, 1.165) is 0 Å². The molecular weight excluding hydrogens is 230 g/mol. The van der Waals surface area contributed by atoms with E-state index >= 15 is 0 Å². The molecule has 1 amide bonds. The number of carbonyl (C=O) groups is 2. The average Bonchev–Trinajstić information content (AvgIpc) is 2.19. The Morgan fingerprint density at radius 3 is 2.50 bits per heavy atom. The van der Waals surface area contributed by atoms with E-state index in [1.807, 2.05) is 0 Å². The van der Waals surface area contributed by atoms with Crippen molar-refractivity contribution in [3.05, 3.63) is 34.3 Å². The van der Waals surface area contributed by atoms with Crippen LogP contribution in [-0.2, 0) is 11.2 Å². The summed E-state index contributed by atoms with van der Waals surface area (Å²) in [4.78, 5) is 23.6.